The van der Waals surface area contributed by atoms with Crippen molar-refractivity contribution in [3.05, 3.63) is 225 Å². The molecule has 0 radical (unpaired) electrons. The van der Waals surface area contributed by atoms with Crippen LogP contribution in [0.4, 0.5) is 0 Å². The molecule has 0 fully saturated rings. The number of aromatic nitrogens is 5. The molecular formula is C55H37N5. The summed E-state index contributed by atoms with van der Waals surface area (Å²) in [5, 5.41) is 0. The monoisotopic (exact) mass is 767 g/mol. The molecule has 0 spiro atoms. The molecule has 7 aromatic carbocycles. The van der Waals surface area contributed by atoms with Crippen LogP contribution in [-0.4, -0.2) is 24.9 Å². The minimum absolute atomic E-state index is 0.668. The van der Waals surface area contributed by atoms with Crippen LogP contribution in [0.2, 0.25) is 0 Å². The summed E-state index contributed by atoms with van der Waals surface area (Å²) >= 11 is 0. The second-order valence-corrected chi connectivity index (χ2v) is 14.4. The molecule has 0 aliphatic rings. The van der Waals surface area contributed by atoms with Crippen LogP contribution in [0.5, 0.6) is 0 Å². The van der Waals surface area contributed by atoms with Gasteiger partial charge in [-0.2, -0.15) is 0 Å². The molecule has 5 nitrogen and oxygen atoms in total. The number of hydrogen-bond acceptors (Lipinski definition) is 5. The predicted octanol–water partition coefficient (Wildman–Crippen LogP) is 13.7. The Morgan fingerprint density at radius 1 is 0.233 bits per heavy atom. The van der Waals surface area contributed by atoms with E-state index in [2.05, 4.69) is 145 Å². The van der Waals surface area contributed by atoms with Gasteiger partial charge in [0.15, 0.2) is 11.6 Å². The molecule has 10 aromatic rings. The van der Waals surface area contributed by atoms with Crippen molar-refractivity contribution >= 4 is 0 Å². The first kappa shape index (κ1) is 36.2. The van der Waals surface area contributed by atoms with E-state index in [-0.39, 0.29) is 0 Å². The quantitative estimate of drug-likeness (QED) is 0.146. The third-order valence-electron chi connectivity index (χ3n) is 10.7. The highest BCUT2D eigenvalue weighted by Crippen LogP contribution is 2.46. The van der Waals surface area contributed by atoms with Crippen LogP contribution >= 0.6 is 0 Å². The Bertz CT molecular complexity index is 2950. The topological polar surface area (TPSA) is 64.5 Å². The average Bonchev–Trinajstić information content (AvgIpc) is 3.35. The largest absolute Gasteiger partial charge is 0.265 e. The molecule has 282 valence electrons. The maximum Gasteiger partial charge on any atom is 0.160 e. The van der Waals surface area contributed by atoms with Crippen LogP contribution in [-0.2, 0) is 0 Å². The number of benzene rings is 7. The lowest BCUT2D eigenvalue weighted by molar-refractivity contribution is 1.18. The van der Waals surface area contributed by atoms with Crippen molar-refractivity contribution in [1.29, 1.82) is 0 Å². The number of hydrogen-bond donors (Lipinski definition) is 0. The fraction of sp³-hybridized carbons (Fsp3) is 0. The van der Waals surface area contributed by atoms with E-state index in [1.54, 1.807) is 0 Å². The molecule has 0 bridgehead atoms. The van der Waals surface area contributed by atoms with Crippen molar-refractivity contribution in [2.24, 2.45) is 0 Å². The Kier molecular flexibility index (Phi) is 9.88. The minimum atomic E-state index is 0.668. The van der Waals surface area contributed by atoms with Crippen LogP contribution in [0.15, 0.2) is 225 Å². The lowest BCUT2D eigenvalue weighted by Gasteiger charge is -2.21. The van der Waals surface area contributed by atoms with E-state index < -0.39 is 0 Å². The van der Waals surface area contributed by atoms with Gasteiger partial charge in [-0.25, -0.2) is 19.9 Å². The van der Waals surface area contributed by atoms with Crippen LogP contribution in [0.3, 0.4) is 0 Å². The highest BCUT2D eigenvalue weighted by Gasteiger charge is 2.22. The number of pyridine rings is 1. The van der Waals surface area contributed by atoms with E-state index in [1.807, 2.05) is 85.2 Å². The molecule has 3 aromatic heterocycles. The fourth-order valence-corrected chi connectivity index (χ4v) is 7.82. The molecule has 0 saturated carbocycles. The van der Waals surface area contributed by atoms with Crippen molar-refractivity contribution in [3.8, 4) is 101 Å². The zero-order chi connectivity index (χ0) is 40.1. The molecular weight excluding hydrogens is 731 g/mol. The molecule has 0 saturated heterocycles. The van der Waals surface area contributed by atoms with E-state index in [1.165, 1.54) is 0 Å². The van der Waals surface area contributed by atoms with Crippen molar-refractivity contribution < 1.29 is 0 Å². The van der Waals surface area contributed by atoms with E-state index in [4.69, 9.17) is 19.9 Å². The van der Waals surface area contributed by atoms with Gasteiger partial charge in [0.1, 0.15) is 0 Å². The fourth-order valence-electron chi connectivity index (χ4n) is 7.82. The van der Waals surface area contributed by atoms with Gasteiger partial charge in [-0.1, -0.05) is 188 Å². The molecule has 0 atom stereocenters. The lowest BCUT2D eigenvalue weighted by atomic mass is 9.83. The summed E-state index contributed by atoms with van der Waals surface area (Å²) < 4.78 is 0. The van der Waals surface area contributed by atoms with Gasteiger partial charge in [0.25, 0.3) is 0 Å². The summed E-state index contributed by atoms with van der Waals surface area (Å²) in [6, 6.07) is 73.1. The molecule has 5 heteroatoms. The molecule has 3 heterocycles. The zero-order valence-electron chi connectivity index (χ0n) is 32.6. The summed E-state index contributed by atoms with van der Waals surface area (Å²) in [5.74, 6) is 1.34. The highest BCUT2D eigenvalue weighted by molar-refractivity contribution is 6.02. The molecule has 0 unspecified atom stereocenters. The standard InChI is InChI=1S/C55H37N5/c1-5-18-39(19-6-1)49-36-51(59-54(57-49)41-22-9-3-10-23-41)45-27-14-13-26-44(45)47-31-17-30-43(38-32-34-56-35-33-38)53(47)48-29-16-15-28-46(48)52-37-50(40-20-7-2-8-21-40)58-55(60-52)42-24-11-4-12-25-42/h1-37H. The second-order valence-electron chi connectivity index (χ2n) is 14.4. The maximum atomic E-state index is 5.29. The summed E-state index contributed by atoms with van der Waals surface area (Å²) in [4.78, 5) is 25.2. The first-order valence-electron chi connectivity index (χ1n) is 20.0. The first-order valence-corrected chi connectivity index (χ1v) is 20.0. The highest BCUT2D eigenvalue weighted by atomic mass is 14.9. The van der Waals surface area contributed by atoms with Gasteiger partial charge in [0, 0.05) is 45.8 Å². The predicted molar refractivity (Wildman–Crippen MR) is 244 cm³/mol. The lowest BCUT2D eigenvalue weighted by Crippen LogP contribution is -1.99. The van der Waals surface area contributed by atoms with Gasteiger partial charge in [-0.05, 0) is 57.6 Å². The van der Waals surface area contributed by atoms with Gasteiger partial charge in [-0.15, -0.1) is 0 Å². The van der Waals surface area contributed by atoms with Gasteiger partial charge < -0.3 is 0 Å². The minimum Gasteiger partial charge on any atom is -0.265 e. The SMILES string of the molecule is c1ccc(-c2cc(-c3ccccc3-c3cccc(-c4ccncc4)c3-c3ccccc3-c3cc(-c4ccccc4)nc(-c4ccccc4)n3)nc(-c3ccccc3)n2)cc1. The molecule has 10 rings (SSSR count). The third kappa shape index (κ3) is 7.28. The third-order valence-corrected chi connectivity index (χ3v) is 10.7. The Labute approximate surface area is 349 Å². The van der Waals surface area contributed by atoms with Gasteiger partial charge in [0.2, 0.25) is 0 Å². The Hall–Kier alpha value is -8.15. The van der Waals surface area contributed by atoms with E-state index in [9.17, 15) is 0 Å². The van der Waals surface area contributed by atoms with Crippen LogP contribution < -0.4 is 0 Å². The molecule has 0 N–H and O–H groups in total. The van der Waals surface area contributed by atoms with Gasteiger partial charge in [-0.3, -0.25) is 4.98 Å². The summed E-state index contributed by atoms with van der Waals surface area (Å²) in [5.41, 5.74) is 15.7. The smallest absolute Gasteiger partial charge is 0.160 e. The Morgan fingerprint density at radius 3 is 1.10 bits per heavy atom. The van der Waals surface area contributed by atoms with E-state index in [0.717, 1.165) is 89.5 Å². The van der Waals surface area contributed by atoms with Gasteiger partial charge >= 0.3 is 0 Å². The van der Waals surface area contributed by atoms with E-state index in [0.29, 0.717) is 11.6 Å². The Balaban J connectivity index is 1.22. The van der Waals surface area contributed by atoms with Crippen molar-refractivity contribution in [2.45, 2.75) is 0 Å². The summed E-state index contributed by atoms with van der Waals surface area (Å²) in [7, 11) is 0. The second kappa shape index (κ2) is 16.4. The molecule has 0 aliphatic heterocycles. The molecule has 0 amide bonds. The maximum absolute atomic E-state index is 5.29. The van der Waals surface area contributed by atoms with Crippen LogP contribution in [0.1, 0.15) is 0 Å². The van der Waals surface area contributed by atoms with Crippen molar-refractivity contribution in [3.63, 3.8) is 0 Å². The number of rotatable bonds is 9. The summed E-state index contributed by atoms with van der Waals surface area (Å²) in [6.07, 6.45) is 3.71. The normalized spacial score (nSPS) is 11.0. The van der Waals surface area contributed by atoms with Crippen LogP contribution in [0.25, 0.3) is 101 Å². The first-order chi connectivity index (χ1) is 29.8. The molecule has 0 aliphatic carbocycles. The molecule has 60 heavy (non-hydrogen) atoms. The van der Waals surface area contributed by atoms with E-state index >= 15 is 0 Å². The van der Waals surface area contributed by atoms with Crippen LogP contribution in [0, 0.1) is 0 Å². The Morgan fingerprint density at radius 2 is 0.600 bits per heavy atom. The summed E-state index contributed by atoms with van der Waals surface area (Å²) in [6.45, 7) is 0. The van der Waals surface area contributed by atoms with Crippen molar-refractivity contribution in [2.75, 3.05) is 0 Å². The zero-order valence-corrected chi connectivity index (χ0v) is 32.6. The van der Waals surface area contributed by atoms with Gasteiger partial charge in [0.05, 0.1) is 22.8 Å². The van der Waals surface area contributed by atoms with Crippen molar-refractivity contribution in [1.82, 2.24) is 24.9 Å². The average molecular weight is 768 g/mol. The number of nitrogens with zero attached hydrogens (tertiary/aromatic N) is 5.